The number of pyridine rings is 1. The lowest BCUT2D eigenvalue weighted by molar-refractivity contribution is 0.101. The van der Waals surface area contributed by atoms with Crippen molar-refractivity contribution in [2.24, 2.45) is 7.05 Å². The maximum Gasteiger partial charge on any atom is 0.232 e. The average molecular weight is 481 g/mol. The number of benzene rings is 2. The molecule has 1 N–H and O–H groups in total. The molecule has 6 rings (SSSR count). The number of para-hydroxylation sites is 1. The van der Waals surface area contributed by atoms with Crippen LogP contribution in [0.1, 0.15) is 27.0 Å². The van der Waals surface area contributed by atoms with Crippen LogP contribution in [0.5, 0.6) is 11.5 Å². The second-order valence-corrected chi connectivity index (χ2v) is 9.50. The molecule has 0 bridgehead atoms. The number of Topliss-reactive ketones (excluding diaryl/α,β-unsaturated/α-hetero) is 1. The number of phenols is 1. The van der Waals surface area contributed by atoms with Crippen molar-refractivity contribution in [3.8, 4) is 11.5 Å². The largest absolute Gasteiger partial charge is 0.507 e. The summed E-state index contributed by atoms with van der Waals surface area (Å²) in [5.74, 6) is 1.77. The summed E-state index contributed by atoms with van der Waals surface area (Å²) in [5.41, 5.74) is 3.94. The van der Waals surface area contributed by atoms with Crippen LogP contribution in [-0.4, -0.2) is 51.5 Å². The fourth-order valence-electron chi connectivity index (χ4n) is 5.26. The van der Waals surface area contributed by atoms with Gasteiger partial charge in [-0.1, -0.05) is 24.3 Å². The van der Waals surface area contributed by atoms with Crippen molar-refractivity contribution < 1.29 is 14.6 Å². The van der Waals surface area contributed by atoms with Crippen LogP contribution in [0.25, 0.3) is 17.0 Å². The number of piperazine rings is 1. The Labute approximate surface area is 209 Å². The van der Waals surface area contributed by atoms with E-state index >= 15 is 0 Å². The Morgan fingerprint density at radius 1 is 1.08 bits per heavy atom. The van der Waals surface area contributed by atoms with Crippen molar-refractivity contribution in [3.63, 3.8) is 0 Å². The fourth-order valence-corrected chi connectivity index (χ4v) is 5.26. The highest BCUT2D eigenvalue weighted by atomic mass is 16.5. The quantitative estimate of drug-likeness (QED) is 0.433. The van der Waals surface area contributed by atoms with Gasteiger partial charge in [0.05, 0.1) is 11.1 Å². The molecule has 182 valence electrons. The van der Waals surface area contributed by atoms with E-state index in [-0.39, 0.29) is 17.3 Å². The molecule has 0 amide bonds. The number of aromatic hydroxyl groups is 1. The first-order valence-corrected chi connectivity index (χ1v) is 12.2. The lowest BCUT2D eigenvalue weighted by Crippen LogP contribution is -2.46. The van der Waals surface area contributed by atoms with Crippen LogP contribution in [-0.2, 0) is 13.6 Å². The molecule has 0 spiro atoms. The van der Waals surface area contributed by atoms with Crippen LogP contribution in [0.2, 0.25) is 0 Å². The zero-order chi connectivity index (χ0) is 24.8. The summed E-state index contributed by atoms with van der Waals surface area (Å²) in [6.45, 7) is 5.70. The normalized spacial score (nSPS) is 17.1. The summed E-state index contributed by atoms with van der Waals surface area (Å²) in [6, 6.07) is 15.7. The molecule has 36 heavy (non-hydrogen) atoms. The minimum Gasteiger partial charge on any atom is -0.507 e. The zero-order valence-electron chi connectivity index (χ0n) is 20.4. The summed E-state index contributed by atoms with van der Waals surface area (Å²) in [6.07, 6.45) is 5.63. The average Bonchev–Trinajstić information content (AvgIpc) is 3.39. The van der Waals surface area contributed by atoms with Crippen LogP contribution in [0.15, 0.2) is 66.7 Å². The number of anilines is 1. The predicted molar refractivity (Wildman–Crippen MR) is 140 cm³/mol. The molecule has 2 aromatic carbocycles. The minimum absolute atomic E-state index is 0.142. The highest BCUT2D eigenvalue weighted by Gasteiger charge is 2.34. The number of aryl methyl sites for hydroxylation is 2. The minimum atomic E-state index is -0.142. The van der Waals surface area contributed by atoms with Gasteiger partial charge in [-0.05, 0) is 42.8 Å². The molecule has 2 aliphatic heterocycles. The van der Waals surface area contributed by atoms with Crippen molar-refractivity contribution >= 4 is 28.6 Å². The number of nitrogens with zero attached hydrogens (tertiary/aromatic N) is 4. The fraction of sp³-hybridized carbons (Fsp3) is 0.241. The number of rotatable bonds is 4. The lowest BCUT2D eigenvalue weighted by Gasteiger charge is -2.35. The number of ketones is 1. The van der Waals surface area contributed by atoms with E-state index in [1.54, 1.807) is 6.07 Å². The lowest BCUT2D eigenvalue weighted by atomic mass is 9.99. The first-order chi connectivity index (χ1) is 17.5. The Balaban J connectivity index is 1.27. The van der Waals surface area contributed by atoms with Crippen molar-refractivity contribution in [2.45, 2.75) is 13.5 Å². The van der Waals surface area contributed by atoms with E-state index in [1.165, 1.54) is 0 Å². The van der Waals surface area contributed by atoms with Gasteiger partial charge in [0.15, 0.2) is 5.76 Å². The number of fused-ring (bicyclic) bond motifs is 2. The van der Waals surface area contributed by atoms with Gasteiger partial charge in [-0.15, -0.1) is 0 Å². The van der Waals surface area contributed by atoms with Gasteiger partial charge in [0.25, 0.3) is 0 Å². The van der Waals surface area contributed by atoms with Gasteiger partial charge in [0.2, 0.25) is 5.78 Å². The Bertz CT molecular complexity index is 1500. The Morgan fingerprint density at radius 2 is 1.86 bits per heavy atom. The highest BCUT2D eigenvalue weighted by molar-refractivity contribution is 6.16. The standard InChI is InChI=1S/C29H28N4O3/c1-19-15-24(34)22(18-32-11-13-33(14-12-32)26-9-5-6-10-30-26)29-27(19)28(35)25(36-29)16-20-17-31(2)23-8-4-3-7-21(20)23/h3-10,15-17,34H,11-14,18H2,1-2H3/b25-16+. The van der Waals surface area contributed by atoms with Gasteiger partial charge < -0.3 is 19.3 Å². The topological polar surface area (TPSA) is 70.8 Å². The molecule has 7 nitrogen and oxygen atoms in total. The number of hydrogen-bond acceptors (Lipinski definition) is 6. The number of aromatic nitrogens is 2. The Kier molecular flexibility index (Phi) is 5.49. The molecule has 1 saturated heterocycles. The first-order valence-electron chi connectivity index (χ1n) is 12.2. The molecule has 4 heterocycles. The summed E-state index contributed by atoms with van der Waals surface area (Å²) in [5, 5.41) is 11.9. The second-order valence-electron chi connectivity index (χ2n) is 9.50. The van der Waals surface area contributed by atoms with Crippen molar-refractivity contribution in [1.82, 2.24) is 14.5 Å². The van der Waals surface area contributed by atoms with Gasteiger partial charge in [0.1, 0.15) is 17.3 Å². The molecule has 0 atom stereocenters. The van der Waals surface area contributed by atoms with E-state index in [1.807, 2.05) is 73.4 Å². The Morgan fingerprint density at radius 3 is 2.64 bits per heavy atom. The molecular formula is C29H28N4O3. The van der Waals surface area contributed by atoms with E-state index in [9.17, 15) is 9.90 Å². The van der Waals surface area contributed by atoms with Crippen molar-refractivity contribution in [3.05, 3.63) is 88.9 Å². The molecule has 0 unspecified atom stereocenters. The molecule has 0 aliphatic carbocycles. The number of allylic oxidation sites excluding steroid dienone is 1. The summed E-state index contributed by atoms with van der Waals surface area (Å²) >= 11 is 0. The molecule has 2 aliphatic rings. The van der Waals surface area contributed by atoms with Gasteiger partial charge >= 0.3 is 0 Å². The van der Waals surface area contributed by atoms with Gasteiger partial charge in [-0.25, -0.2) is 4.98 Å². The Hall–Kier alpha value is -4.10. The van der Waals surface area contributed by atoms with Gasteiger partial charge in [-0.2, -0.15) is 0 Å². The second kappa shape index (κ2) is 8.84. The summed E-state index contributed by atoms with van der Waals surface area (Å²) < 4.78 is 8.24. The van der Waals surface area contributed by atoms with Gasteiger partial charge in [-0.3, -0.25) is 9.69 Å². The molecule has 4 aromatic rings. The summed E-state index contributed by atoms with van der Waals surface area (Å²) in [7, 11) is 1.99. The van der Waals surface area contributed by atoms with Gasteiger partial charge in [0, 0.05) is 68.6 Å². The molecule has 1 fully saturated rings. The number of ether oxygens (including phenoxy) is 1. The molecule has 7 heteroatoms. The smallest absolute Gasteiger partial charge is 0.232 e. The third-order valence-electron chi connectivity index (χ3n) is 7.16. The van der Waals surface area contributed by atoms with Crippen molar-refractivity contribution in [1.29, 1.82) is 0 Å². The molecular weight excluding hydrogens is 452 g/mol. The number of carbonyl (C=O) groups is 1. The summed E-state index contributed by atoms with van der Waals surface area (Å²) in [4.78, 5) is 22.4. The monoisotopic (exact) mass is 480 g/mol. The predicted octanol–water partition coefficient (Wildman–Crippen LogP) is 4.53. The van der Waals surface area contributed by atoms with E-state index in [0.29, 0.717) is 23.4 Å². The molecule has 2 aromatic heterocycles. The van der Waals surface area contributed by atoms with E-state index < -0.39 is 0 Å². The van der Waals surface area contributed by atoms with Crippen LogP contribution in [0.3, 0.4) is 0 Å². The SMILES string of the molecule is Cc1cc(O)c(CN2CCN(c3ccccn3)CC2)c2c1C(=O)/C(=C\c1cn(C)c3ccccc13)O2. The molecule has 0 radical (unpaired) electrons. The highest BCUT2D eigenvalue weighted by Crippen LogP contribution is 2.42. The van der Waals surface area contributed by atoms with Crippen LogP contribution >= 0.6 is 0 Å². The maximum absolute atomic E-state index is 13.4. The number of carbonyl (C=O) groups excluding carboxylic acids is 1. The number of hydrogen-bond donors (Lipinski definition) is 1. The first kappa shape index (κ1) is 22.4. The molecule has 0 saturated carbocycles. The van der Waals surface area contributed by atoms with Crippen LogP contribution < -0.4 is 9.64 Å². The number of phenolic OH excluding ortho intramolecular Hbond substituents is 1. The maximum atomic E-state index is 13.4. The third kappa shape index (κ3) is 3.82. The van der Waals surface area contributed by atoms with Crippen molar-refractivity contribution in [2.75, 3.05) is 31.1 Å². The zero-order valence-corrected chi connectivity index (χ0v) is 20.4. The van der Waals surface area contributed by atoms with Crippen LogP contribution in [0.4, 0.5) is 5.82 Å². The van der Waals surface area contributed by atoms with E-state index in [4.69, 9.17) is 4.74 Å². The third-order valence-corrected chi connectivity index (χ3v) is 7.16. The van der Waals surface area contributed by atoms with Crippen LogP contribution in [0, 0.1) is 6.92 Å². The van der Waals surface area contributed by atoms with E-state index in [2.05, 4.69) is 20.9 Å². The van der Waals surface area contributed by atoms with E-state index in [0.717, 1.165) is 54.0 Å².